The lowest BCUT2D eigenvalue weighted by Crippen LogP contribution is -2.17. The van der Waals surface area contributed by atoms with Gasteiger partial charge in [0.25, 0.3) is 0 Å². The Morgan fingerprint density at radius 1 is 0.267 bits per heavy atom. The van der Waals surface area contributed by atoms with E-state index in [1.165, 1.54) is 96.3 Å². The molecule has 1 aliphatic heterocycles. The molecule has 0 fully saturated rings. The van der Waals surface area contributed by atoms with Crippen molar-refractivity contribution < 1.29 is 0 Å². The molecule has 14 aromatic rings. The number of thiophene rings is 1. The number of hydrogen-bond donors (Lipinski definition) is 0. The zero-order valence-corrected chi connectivity index (χ0v) is 41.7. The molecule has 0 aliphatic carbocycles. The van der Waals surface area contributed by atoms with E-state index >= 15 is 0 Å². The van der Waals surface area contributed by atoms with Crippen LogP contribution in [0.4, 0.5) is 34.1 Å². The number of fused-ring (bicyclic) bond motifs is 18. The van der Waals surface area contributed by atoms with Gasteiger partial charge in [0.1, 0.15) is 0 Å². The van der Waals surface area contributed by atoms with Gasteiger partial charge in [-0.05, 0) is 143 Å². The minimum Gasteiger partial charge on any atom is -0.308 e. The minimum absolute atomic E-state index is 1.05. The van der Waals surface area contributed by atoms with E-state index in [0.29, 0.717) is 0 Å². The Morgan fingerprint density at radius 2 is 0.747 bits per heavy atom. The molecule has 2 heterocycles. The number of benzene rings is 12. The Balaban J connectivity index is 1.12. The van der Waals surface area contributed by atoms with Gasteiger partial charge in [0.15, 0.2) is 0 Å². The van der Waals surface area contributed by atoms with Crippen LogP contribution in [-0.4, -0.2) is 0 Å². The first-order chi connectivity index (χ1) is 37.2. The van der Waals surface area contributed by atoms with Gasteiger partial charge in [-0.15, -0.1) is 11.3 Å². The summed E-state index contributed by atoms with van der Waals surface area (Å²) in [4.78, 5) is 5.00. The maximum Gasteiger partial charge on any atom is 0.0781 e. The minimum atomic E-state index is 1.05. The molecule has 2 nitrogen and oxygen atoms in total. The second-order valence-electron chi connectivity index (χ2n) is 19.5. The Labute approximate surface area is 439 Å². The van der Waals surface area contributed by atoms with Crippen LogP contribution in [0.2, 0.25) is 0 Å². The summed E-state index contributed by atoms with van der Waals surface area (Å²) in [6.45, 7) is 0. The third kappa shape index (κ3) is 7.01. The van der Waals surface area contributed by atoms with E-state index in [0.717, 1.165) is 45.3 Å². The SMILES string of the molecule is c1ccc(-c2cccc(N(c3ccc4c(c3)c3ccccc3c3ccccc3c3ccccc3c3cc5c(cc43)sc3ccccc35)c3cccc4c3N(c3ccccc3)c3ccccc3-c3ccccc3-4)c2)cc1. The Morgan fingerprint density at radius 3 is 1.44 bits per heavy atom. The molecule has 0 saturated heterocycles. The lowest BCUT2D eigenvalue weighted by atomic mass is 9.93. The molecule has 0 radical (unpaired) electrons. The molecule has 1 aromatic heterocycles. The molecular formula is C72H46N2S. The van der Waals surface area contributed by atoms with Crippen molar-refractivity contribution in [3.8, 4) is 33.4 Å². The highest BCUT2D eigenvalue weighted by Crippen LogP contribution is 2.56. The van der Waals surface area contributed by atoms with Gasteiger partial charge < -0.3 is 9.80 Å². The first kappa shape index (κ1) is 43.1. The van der Waals surface area contributed by atoms with Crippen LogP contribution in [-0.2, 0) is 0 Å². The molecule has 350 valence electrons. The van der Waals surface area contributed by atoms with Crippen LogP contribution in [0.3, 0.4) is 0 Å². The fourth-order valence-corrected chi connectivity index (χ4v) is 13.2. The third-order valence-electron chi connectivity index (χ3n) is 15.4. The van der Waals surface area contributed by atoms with E-state index in [-0.39, 0.29) is 0 Å². The van der Waals surface area contributed by atoms with Crippen molar-refractivity contribution in [3.63, 3.8) is 0 Å². The molecule has 15 rings (SSSR count). The summed E-state index contributed by atoms with van der Waals surface area (Å²) >= 11 is 1.88. The first-order valence-corrected chi connectivity index (χ1v) is 26.6. The molecule has 0 spiro atoms. The highest BCUT2D eigenvalue weighted by molar-refractivity contribution is 7.25. The maximum atomic E-state index is 2.51. The standard InChI is InChI=1S/C72H46N2S/c1-3-21-47(22-4-1)48-23-19-26-50(43-48)73(69-39-20-37-63-57-32-12-11-31-56(57)61-35-15-17-38-68(61)74(72(63)69)49-24-5-2-6-25-49)51-41-42-60-64(44-51)58-33-13-9-29-54(58)52-27-7-8-28-53(52)55-30-10-14-34-59(55)65-45-67-62-36-16-18-40-70(62)75-71(67)46-66(60)65/h1-46H. The molecule has 0 atom stereocenters. The normalized spacial score (nSPS) is 12.0. The van der Waals surface area contributed by atoms with Crippen LogP contribution in [0, 0.1) is 0 Å². The van der Waals surface area contributed by atoms with Crippen LogP contribution in [0.5, 0.6) is 0 Å². The number of para-hydroxylation sites is 3. The Hall–Kier alpha value is -9.54. The second-order valence-corrected chi connectivity index (χ2v) is 20.6. The highest BCUT2D eigenvalue weighted by atomic mass is 32.1. The van der Waals surface area contributed by atoms with Gasteiger partial charge >= 0.3 is 0 Å². The summed E-state index contributed by atoms with van der Waals surface area (Å²) in [6.07, 6.45) is 0. The zero-order valence-electron chi connectivity index (χ0n) is 40.9. The number of rotatable bonds is 5. The van der Waals surface area contributed by atoms with E-state index in [2.05, 4.69) is 289 Å². The first-order valence-electron chi connectivity index (χ1n) is 25.7. The summed E-state index contributed by atoms with van der Waals surface area (Å²) in [6, 6.07) is 104. The second kappa shape index (κ2) is 17.6. The van der Waals surface area contributed by atoms with Crippen molar-refractivity contribution in [1.29, 1.82) is 0 Å². The molecule has 0 N–H and O–H groups in total. The fraction of sp³-hybridized carbons (Fsp3) is 0. The van der Waals surface area contributed by atoms with Gasteiger partial charge in [-0.3, -0.25) is 0 Å². The lowest BCUT2D eigenvalue weighted by Gasteiger charge is -2.34. The van der Waals surface area contributed by atoms with E-state index in [9.17, 15) is 0 Å². The molecule has 13 aromatic carbocycles. The lowest BCUT2D eigenvalue weighted by molar-refractivity contribution is 1.23. The summed E-state index contributed by atoms with van der Waals surface area (Å²) in [7, 11) is 0. The predicted molar refractivity (Wildman–Crippen MR) is 324 cm³/mol. The number of anilines is 6. The molecule has 1 aliphatic rings. The van der Waals surface area contributed by atoms with Gasteiger partial charge in [-0.1, -0.05) is 212 Å². The van der Waals surface area contributed by atoms with Crippen molar-refractivity contribution in [2.75, 3.05) is 9.80 Å². The fourth-order valence-electron chi connectivity index (χ4n) is 12.1. The molecule has 0 unspecified atom stereocenters. The van der Waals surface area contributed by atoms with Gasteiger partial charge in [-0.2, -0.15) is 0 Å². The summed E-state index contributed by atoms with van der Waals surface area (Å²) < 4.78 is 2.57. The van der Waals surface area contributed by atoms with Gasteiger partial charge in [-0.25, -0.2) is 0 Å². The largest absolute Gasteiger partial charge is 0.308 e. The Bertz CT molecular complexity index is 4670. The molecule has 0 bridgehead atoms. The van der Waals surface area contributed by atoms with Crippen molar-refractivity contribution in [3.05, 3.63) is 279 Å². The average molecular weight is 971 g/mol. The summed E-state index contributed by atoms with van der Waals surface area (Å²) in [5, 5.41) is 14.6. The average Bonchev–Trinajstić information content (AvgIpc) is 3.86. The van der Waals surface area contributed by atoms with Crippen molar-refractivity contribution in [1.82, 2.24) is 0 Å². The summed E-state index contributed by atoms with van der Waals surface area (Å²) in [5.74, 6) is 0. The van der Waals surface area contributed by atoms with Crippen molar-refractivity contribution >= 4 is 119 Å². The quantitative estimate of drug-likeness (QED) is 0.170. The van der Waals surface area contributed by atoms with Gasteiger partial charge in [0.05, 0.1) is 17.1 Å². The molecule has 0 amide bonds. The van der Waals surface area contributed by atoms with Gasteiger partial charge in [0, 0.05) is 48.4 Å². The van der Waals surface area contributed by atoms with E-state index < -0.39 is 0 Å². The van der Waals surface area contributed by atoms with Crippen LogP contribution in [0.1, 0.15) is 0 Å². The van der Waals surface area contributed by atoms with Gasteiger partial charge in [0.2, 0.25) is 0 Å². The van der Waals surface area contributed by atoms with E-state index in [1.54, 1.807) is 0 Å². The number of hydrogen-bond acceptors (Lipinski definition) is 3. The third-order valence-corrected chi connectivity index (χ3v) is 16.5. The summed E-state index contributed by atoms with van der Waals surface area (Å²) in [5.41, 5.74) is 13.6. The van der Waals surface area contributed by atoms with E-state index in [1.807, 2.05) is 11.3 Å². The smallest absolute Gasteiger partial charge is 0.0781 e. The monoisotopic (exact) mass is 970 g/mol. The van der Waals surface area contributed by atoms with Crippen LogP contribution >= 0.6 is 11.3 Å². The van der Waals surface area contributed by atoms with Crippen LogP contribution < -0.4 is 9.80 Å². The molecule has 3 heteroatoms. The van der Waals surface area contributed by atoms with Crippen LogP contribution in [0.15, 0.2) is 279 Å². The van der Waals surface area contributed by atoms with Crippen molar-refractivity contribution in [2.24, 2.45) is 0 Å². The highest BCUT2D eigenvalue weighted by Gasteiger charge is 2.31. The van der Waals surface area contributed by atoms with Crippen molar-refractivity contribution in [2.45, 2.75) is 0 Å². The Kier molecular flexibility index (Phi) is 10.1. The molecule has 0 saturated carbocycles. The van der Waals surface area contributed by atoms with Crippen LogP contribution in [0.25, 0.3) is 107 Å². The molecule has 75 heavy (non-hydrogen) atoms. The molecular weight excluding hydrogens is 925 g/mol. The predicted octanol–water partition coefficient (Wildman–Crippen LogP) is 21.2. The van der Waals surface area contributed by atoms with E-state index in [4.69, 9.17) is 0 Å². The zero-order chi connectivity index (χ0) is 49.4. The maximum absolute atomic E-state index is 2.51. The topological polar surface area (TPSA) is 6.48 Å². The number of nitrogens with zero attached hydrogens (tertiary/aromatic N) is 2.